The normalized spacial score (nSPS) is 14.0. The molecule has 26 heavy (non-hydrogen) atoms. The Bertz CT molecular complexity index is 800. The SMILES string of the molecule is COc1nc(CNC(=O)/C=C/c2ccccc2C)nc(N2CCCC2)n1. The van der Waals surface area contributed by atoms with Crippen molar-refractivity contribution in [1.29, 1.82) is 0 Å². The maximum Gasteiger partial charge on any atom is 0.321 e. The molecule has 7 heteroatoms. The van der Waals surface area contributed by atoms with Gasteiger partial charge in [-0.3, -0.25) is 4.79 Å². The van der Waals surface area contributed by atoms with Crippen LogP contribution in [0.3, 0.4) is 0 Å². The summed E-state index contributed by atoms with van der Waals surface area (Å²) < 4.78 is 5.16. The molecule has 1 fully saturated rings. The molecule has 1 N–H and O–H groups in total. The number of rotatable bonds is 6. The molecule has 0 unspecified atom stereocenters. The van der Waals surface area contributed by atoms with Crippen LogP contribution in [-0.2, 0) is 11.3 Å². The minimum Gasteiger partial charge on any atom is -0.467 e. The Morgan fingerprint density at radius 3 is 2.73 bits per heavy atom. The van der Waals surface area contributed by atoms with Crippen LogP contribution in [0.4, 0.5) is 5.95 Å². The van der Waals surface area contributed by atoms with Crippen LogP contribution in [0.2, 0.25) is 0 Å². The Labute approximate surface area is 153 Å². The molecule has 0 saturated carbocycles. The van der Waals surface area contributed by atoms with Gasteiger partial charge in [-0.15, -0.1) is 0 Å². The Morgan fingerprint density at radius 1 is 1.23 bits per heavy atom. The van der Waals surface area contributed by atoms with Gasteiger partial charge in [-0.25, -0.2) is 0 Å². The van der Waals surface area contributed by atoms with E-state index in [9.17, 15) is 4.79 Å². The van der Waals surface area contributed by atoms with Crippen molar-refractivity contribution in [2.24, 2.45) is 0 Å². The highest BCUT2D eigenvalue weighted by molar-refractivity contribution is 5.91. The number of nitrogens with zero attached hydrogens (tertiary/aromatic N) is 4. The molecule has 0 bridgehead atoms. The van der Waals surface area contributed by atoms with Crippen molar-refractivity contribution >= 4 is 17.9 Å². The summed E-state index contributed by atoms with van der Waals surface area (Å²) in [6.07, 6.45) is 5.57. The second-order valence-electron chi connectivity index (χ2n) is 6.14. The Kier molecular flexibility index (Phi) is 5.78. The van der Waals surface area contributed by atoms with E-state index in [4.69, 9.17) is 4.74 Å². The van der Waals surface area contributed by atoms with Crippen molar-refractivity contribution in [3.8, 4) is 6.01 Å². The lowest BCUT2D eigenvalue weighted by molar-refractivity contribution is -0.116. The van der Waals surface area contributed by atoms with Crippen molar-refractivity contribution < 1.29 is 9.53 Å². The lowest BCUT2D eigenvalue weighted by Crippen LogP contribution is -2.25. The number of amides is 1. The molecule has 2 heterocycles. The quantitative estimate of drug-likeness (QED) is 0.801. The summed E-state index contributed by atoms with van der Waals surface area (Å²) in [5, 5.41) is 2.81. The van der Waals surface area contributed by atoms with Crippen molar-refractivity contribution in [2.75, 3.05) is 25.1 Å². The van der Waals surface area contributed by atoms with Gasteiger partial charge < -0.3 is 15.0 Å². The Balaban J connectivity index is 1.64. The average molecular weight is 353 g/mol. The van der Waals surface area contributed by atoms with E-state index in [0.29, 0.717) is 11.8 Å². The van der Waals surface area contributed by atoms with Crippen LogP contribution in [0.5, 0.6) is 6.01 Å². The van der Waals surface area contributed by atoms with Crippen molar-refractivity contribution in [1.82, 2.24) is 20.3 Å². The van der Waals surface area contributed by atoms with Crippen LogP contribution in [0, 0.1) is 6.92 Å². The van der Waals surface area contributed by atoms with Crippen LogP contribution in [0.25, 0.3) is 6.08 Å². The van der Waals surface area contributed by atoms with Crippen LogP contribution < -0.4 is 15.0 Å². The van der Waals surface area contributed by atoms with Gasteiger partial charge in [0, 0.05) is 19.2 Å². The molecule has 3 rings (SSSR count). The number of aryl methyl sites for hydroxylation is 1. The molecule has 0 spiro atoms. The van der Waals surface area contributed by atoms with Gasteiger partial charge in [0.2, 0.25) is 11.9 Å². The predicted molar refractivity (Wildman–Crippen MR) is 99.9 cm³/mol. The first-order valence-corrected chi connectivity index (χ1v) is 8.71. The van der Waals surface area contributed by atoms with Crippen LogP contribution >= 0.6 is 0 Å². The predicted octanol–water partition coefficient (Wildman–Crippen LogP) is 2.12. The van der Waals surface area contributed by atoms with Crippen molar-refractivity contribution in [2.45, 2.75) is 26.3 Å². The number of hydrogen-bond donors (Lipinski definition) is 1. The zero-order chi connectivity index (χ0) is 18.4. The molecule has 136 valence electrons. The number of ether oxygens (including phenoxy) is 1. The van der Waals surface area contributed by atoms with Crippen LogP contribution in [0.15, 0.2) is 30.3 Å². The maximum atomic E-state index is 12.1. The van der Waals surface area contributed by atoms with E-state index in [1.54, 1.807) is 6.08 Å². The van der Waals surface area contributed by atoms with Crippen LogP contribution in [-0.4, -0.2) is 41.1 Å². The fourth-order valence-corrected chi connectivity index (χ4v) is 2.78. The van der Waals surface area contributed by atoms with E-state index in [0.717, 1.165) is 37.1 Å². The topological polar surface area (TPSA) is 80.2 Å². The first-order chi connectivity index (χ1) is 12.7. The Morgan fingerprint density at radius 2 is 2.00 bits per heavy atom. The van der Waals surface area contributed by atoms with Crippen molar-refractivity contribution in [3.05, 3.63) is 47.3 Å². The zero-order valence-corrected chi connectivity index (χ0v) is 15.1. The number of methoxy groups -OCH3 is 1. The monoisotopic (exact) mass is 353 g/mol. The number of carbonyl (C=O) groups excluding carboxylic acids is 1. The fourth-order valence-electron chi connectivity index (χ4n) is 2.78. The van der Waals surface area contributed by atoms with Gasteiger partial charge >= 0.3 is 6.01 Å². The third kappa shape index (κ3) is 4.56. The summed E-state index contributed by atoms with van der Waals surface area (Å²) in [6, 6.07) is 8.16. The number of nitrogens with one attached hydrogen (secondary N) is 1. The minimum atomic E-state index is -0.199. The molecular weight excluding hydrogens is 330 g/mol. The summed E-state index contributed by atoms with van der Waals surface area (Å²) in [4.78, 5) is 27.2. The second-order valence-corrected chi connectivity index (χ2v) is 6.14. The summed E-state index contributed by atoms with van der Waals surface area (Å²) in [6.45, 7) is 4.08. The summed E-state index contributed by atoms with van der Waals surface area (Å²) >= 11 is 0. The number of carbonyl (C=O) groups is 1. The van der Waals surface area contributed by atoms with E-state index < -0.39 is 0 Å². The van der Waals surface area contributed by atoms with Gasteiger partial charge in [-0.1, -0.05) is 24.3 Å². The highest BCUT2D eigenvalue weighted by Crippen LogP contribution is 2.17. The van der Waals surface area contributed by atoms with E-state index in [1.807, 2.05) is 31.2 Å². The molecule has 1 aliphatic heterocycles. The lowest BCUT2D eigenvalue weighted by Gasteiger charge is -2.16. The van der Waals surface area contributed by atoms with Crippen LogP contribution in [0.1, 0.15) is 29.8 Å². The standard InChI is InChI=1S/C19H23N5O2/c1-14-7-3-4-8-15(14)9-10-17(25)20-13-16-21-18(23-19(22-16)26-2)24-11-5-6-12-24/h3-4,7-10H,5-6,11-13H2,1-2H3,(H,20,25)/b10-9+. The third-order valence-electron chi connectivity index (χ3n) is 4.24. The first-order valence-electron chi connectivity index (χ1n) is 8.71. The molecule has 1 aromatic carbocycles. The smallest absolute Gasteiger partial charge is 0.321 e. The highest BCUT2D eigenvalue weighted by Gasteiger charge is 2.17. The molecule has 1 aromatic heterocycles. The second kappa shape index (κ2) is 8.42. The zero-order valence-electron chi connectivity index (χ0n) is 15.1. The highest BCUT2D eigenvalue weighted by atomic mass is 16.5. The van der Waals surface area contributed by atoms with E-state index in [1.165, 1.54) is 13.2 Å². The average Bonchev–Trinajstić information content (AvgIpc) is 3.20. The number of aromatic nitrogens is 3. The van der Waals surface area contributed by atoms with Gasteiger partial charge in [0.25, 0.3) is 0 Å². The molecule has 2 aromatic rings. The summed E-state index contributed by atoms with van der Waals surface area (Å²) in [7, 11) is 1.52. The maximum absolute atomic E-state index is 12.1. The van der Waals surface area contributed by atoms with Gasteiger partial charge in [0.05, 0.1) is 13.7 Å². The third-order valence-corrected chi connectivity index (χ3v) is 4.24. The number of benzene rings is 1. The number of anilines is 1. The van der Waals surface area contributed by atoms with E-state index >= 15 is 0 Å². The summed E-state index contributed by atoms with van der Waals surface area (Å²) in [5.41, 5.74) is 2.13. The first kappa shape index (κ1) is 17.8. The van der Waals surface area contributed by atoms with Gasteiger partial charge in [0.15, 0.2) is 5.82 Å². The molecule has 1 aliphatic rings. The van der Waals surface area contributed by atoms with Gasteiger partial charge in [0.1, 0.15) is 0 Å². The lowest BCUT2D eigenvalue weighted by atomic mass is 10.1. The molecule has 0 radical (unpaired) electrons. The fraction of sp³-hybridized carbons (Fsp3) is 0.368. The molecule has 1 saturated heterocycles. The van der Waals surface area contributed by atoms with Gasteiger partial charge in [-0.2, -0.15) is 15.0 Å². The summed E-state index contributed by atoms with van der Waals surface area (Å²) in [5.74, 6) is 0.890. The molecule has 7 nitrogen and oxygen atoms in total. The number of hydrogen-bond acceptors (Lipinski definition) is 6. The van der Waals surface area contributed by atoms with E-state index in [-0.39, 0.29) is 18.5 Å². The Hall–Kier alpha value is -2.96. The molecule has 0 atom stereocenters. The van der Waals surface area contributed by atoms with E-state index in [2.05, 4.69) is 25.2 Å². The largest absolute Gasteiger partial charge is 0.467 e. The van der Waals surface area contributed by atoms with Crippen molar-refractivity contribution in [3.63, 3.8) is 0 Å². The molecular formula is C19H23N5O2. The van der Waals surface area contributed by atoms with Gasteiger partial charge in [-0.05, 0) is 37.0 Å². The minimum absolute atomic E-state index is 0.199. The molecule has 1 amide bonds. The molecule has 0 aliphatic carbocycles.